The molecule has 0 radical (unpaired) electrons. The number of nitrogens with zero attached hydrogens (tertiary/aromatic N) is 4. The number of nitrogens with one attached hydrogen (secondary N) is 1. The van der Waals surface area contributed by atoms with Gasteiger partial charge >= 0.3 is 0 Å². The maximum Gasteiger partial charge on any atom is 0.257 e. The fourth-order valence-corrected chi connectivity index (χ4v) is 4.38. The third-order valence-electron chi connectivity index (χ3n) is 5.96. The zero-order chi connectivity index (χ0) is 23.5. The van der Waals surface area contributed by atoms with Crippen molar-refractivity contribution in [1.29, 1.82) is 0 Å². The second kappa shape index (κ2) is 9.81. The first-order valence-corrected chi connectivity index (χ1v) is 11.1. The van der Waals surface area contributed by atoms with Gasteiger partial charge in [0, 0.05) is 32.1 Å². The summed E-state index contributed by atoms with van der Waals surface area (Å²) in [5.74, 6) is -0.543. The van der Waals surface area contributed by atoms with Crippen LogP contribution in [0, 0.1) is 24.1 Å². The molecule has 0 unspecified atom stereocenters. The SMILES string of the molecule is Cc1c(C(=O)N2CCC(C(=O)NCC(C)(C)CN(C)C)CC2)cnn1-c1ccccc1F. The average Bonchev–Trinajstić information content (AvgIpc) is 3.12. The molecule has 7 nitrogen and oxygen atoms in total. The quantitative estimate of drug-likeness (QED) is 0.714. The summed E-state index contributed by atoms with van der Waals surface area (Å²) in [4.78, 5) is 29.6. The number of rotatable bonds is 7. The summed E-state index contributed by atoms with van der Waals surface area (Å²) in [5, 5.41) is 7.33. The Hall–Kier alpha value is -2.74. The van der Waals surface area contributed by atoms with E-state index in [2.05, 4.69) is 29.2 Å². The van der Waals surface area contributed by atoms with Gasteiger partial charge in [0.25, 0.3) is 5.91 Å². The molecule has 32 heavy (non-hydrogen) atoms. The monoisotopic (exact) mass is 443 g/mol. The highest BCUT2D eigenvalue weighted by atomic mass is 19.1. The number of para-hydroxylation sites is 1. The smallest absolute Gasteiger partial charge is 0.257 e. The lowest BCUT2D eigenvalue weighted by Crippen LogP contribution is -2.46. The van der Waals surface area contributed by atoms with Gasteiger partial charge < -0.3 is 15.1 Å². The molecule has 1 saturated heterocycles. The van der Waals surface area contributed by atoms with Crippen LogP contribution in [0.1, 0.15) is 42.7 Å². The Balaban J connectivity index is 1.57. The van der Waals surface area contributed by atoms with Crippen LogP contribution in [0.4, 0.5) is 4.39 Å². The zero-order valence-electron chi connectivity index (χ0n) is 19.7. The number of carbonyl (C=O) groups excluding carboxylic acids is 2. The number of hydrogen-bond donors (Lipinski definition) is 1. The van der Waals surface area contributed by atoms with E-state index in [0.29, 0.717) is 49.4 Å². The van der Waals surface area contributed by atoms with Gasteiger partial charge in [-0.3, -0.25) is 9.59 Å². The Morgan fingerprint density at radius 1 is 1.22 bits per heavy atom. The molecule has 2 amide bonds. The minimum atomic E-state index is -0.390. The van der Waals surface area contributed by atoms with Gasteiger partial charge in [-0.25, -0.2) is 9.07 Å². The molecule has 0 bridgehead atoms. The van der Waals surface area contributed by atoms with Crippen molar-refractivity contribution in [2.45, 2.75) is 33.6 Å². The number of amides is 2. The van der Waals surface area contributed by atoms with E-state index >= 15 is 0 Å². The summed E-state index contributed by atoms with van der Waals surface area (Å²) in [7, 11) is 4.05. The molecule has 2 aromatic rings. The first-order chi connectivity index (χ1) is 15.1. The molecule has 1 fully saturated rings. The number of piperidine rings is 1. The summed E-state index contributed by atoms with van der Waals surface area (Å²) >= 11 is 0. The molecule has 0 saturated carbocycles. The van der Waals surface area contributed by atoms with Crippen LogP contribution in [0.2, 0.25) is 0 Å². The molecule has 3 rings (SSSR count). The lowest BCUT2D eigenvalue weighted by Gasteiger charge is -2.33. The van der Waals surface area contributed by atoms with Gasteiger partial charge in [0.15, 0.2) is 0 Å². The van der Waals surface area contributed by atoms with Crippen molar-refractivity contribution in [2.75, 3.05) is 40.3 Å². The van der Waals surface area contributed by atoms with Crippen LogP contribution in [0.5, 0.6) is 0 Å². The largest absolute Gasteiger partial charge is 0.355 e. The summed E-state index contributed by atoms with van der Waals surface area (Å²) < 4.78 is 15.6. The lowest BCUT2D eigenvalue weighted by atomic mass is 9.91. The summed E-state index contributed by atoms with van der Waals surface area (Å²) in [6.07, 6.45) is 2.76. The average molecular weight is 444 g/mol. The molecule has 1 aromatic carbocycles. The van der Waals surface area contributed by atoms with Crippen molar-refractivity contribution in [3.8, 4) is 5.69 Å². The highest BCUT2D eigenvalue weighted by Crippen LogP contribution is 2.23. The lowest BCUT2D eigenvalue weighted by molar-refractivity contribution is -0.126. The molecule has 0 atom stereocenters. The summed E-state index contributed by atoms with van der Waals surface area (Å²) in [5.41, 5.74) is 1.37. The number of aromatic nitrogens is 2. The highest BCUT2D eigenvalue weighted by molar-refractivity contribution is 5.95. The Morgan fingerprint density at radius 2 is 1.88 bits per heavy atom. The van der Waals surface area contributed by atoms with E-state index in [9.17, 15) is 14.0 Å². The summed E-state index contributed by atoms with van der Waals surface area (Å²) in [6.45, 7) is 8.58. The number of carbonyl (C=O) groups is 2. The van der Waals surface area contributed by atoms with Crippen molar-refractivity contribution >= 4 is 11.8 Å². The van der Waals surface area contributed by atoms with Gasteiger partial charge in [-0.15, -0.1) is 0 Å². The molecule has 0 aliphatic carbocycles. The topological polar surface area (TPSA) is 70.5 Å². The van der Waals surface area contributed by atoms with E-state index in [1.807, 2.05) is 14.1 Å². The molecule has 1 aliphatic heterocycles. The standard InChI is InChI=1S/C24H34FN5O2/c1-17-19(14-27-30(17)21-9-7-6-8-20(21)25)23(32)29-12-10-18(11-13-29)22(31)26-15-24(2,3)16-28(4)5/h6-9,14,18H,10-13,15-16H2,1-5H3,(H,26,31). The van der Waals surface area contributed by atoms with Gasteiger partial charge in [-0.1, -0.05) is 26.0 Å². The van der Waals surface area contributed by atoms with Crippen molar-refractivity contribution in [3.63, 3.8) is 0 Å². The second-order valence-electron chi connectivity index (χ2n) is 9.69. The Labute approximate surface area is 189 Å². The number of halogens is 1. The van der Waals surface area contributed by atoms with Crippen LogP contribution in [-0.4, -0.2) is 71.7 Å². The van der Waals surface area contributed by atoms with Crippen LogP contribution in [-0.2, 0) is 4.79 Å². The van der Waals surface area contributed by atoms with Gasteiger partial charge in [0.1, 0.15) is 11.5 Å². The third kappa shape index (κ3) is 5.54. The maximum atomic E-state index is 14.1. The molecule has 174 valence electrons. The minimum Gasteiger partial charge on any atom is -0.355 e. The fourth-order valence-electron chi connectivity index (χ4n) is 4.38. The second-order valence-corrected chi connectivity index (χ2v) is 9.69. The van der Waals surface area contributed by atoms with Crippen LogP contribution >= 0.6 is 0 Å². The molecule has 8 heteroatoms. The van der Waals surface area contributed by atoms with Gasteiger partial charge in [0.05, 0.1) is 17.5 Å². The minimum absolute atomic E-state index is 0.00820. The van der Waals surface area contributed by atoms with E-state index < -0.39 is 5.82 Å². The van der Waals surface area contributed by atoms with E-state index in [0.717, 1.165) is 6.54 Å². The first kappa shape index (κ1) is 23.9. The summed E-state index contributed by atoms with van der Waals surface area (Å²) in [6, 6.07) is 6.36. The Bertz CT molecular complexity index is 961. The van der Waals surface area contributed by atoms with E-state index in [-0.39, 0.29) is 23.1 Å². The van der Waals surface area contributed by atoms with Crippen LogP contribution < -0.4 is 5.32 Å². The van der Waals surface area contributed by atoms with Gasteiger partial charge in [-0.05, 0) is 51.4 Å². The van der Waals surface area contributed by atoms with Crippen LogP contribution in [0.15, 0.2) is 30.5 Å². The predicted octanol–water partition coefficient (Wildman–Crippen LogP) is 2.88. The normalized spacial score (nSPS) is 15.3. The predicted molar refractivity (Wildman–Crippen MR) is 122 cm³/mol. The zero-order valence-corrected chi connectivity index (χ0v) is 19.7. The maximum absolute atomic E-state index is 14.1. The molecular formula is C24H34FN5O2. The number of likely N-dealkylation sites (tertiary alicyclic amines) is 1. The first-order valence-electron chi connectivity index (χ1n) is 11.1. The highest BCUT2D eigenvalue weighted by Gasteiger charge is 2.30. The van der Waals surface area contributed by atoms with Crippen LogP contribution in [0.3, 0.4) is 0 Å². The van der Waals surface area contributed by atoms with E-state index in [1.165, 1.54) is 16.9 Å². The number of hydrogen-bond acceptors (Lipinski definition) is 4. The molecule has 0 spiro atoms. The van der Waals surface area contributed by atoms with Crippen molar-refractivity contribution in [1.82, 2.24) is 24.9 Å². The molecule has 2 heterocycles. The van der Waals surface area contributed by atoms with Gasteiger partial charge in [0.2, 0.25) is 5.91 Å². The molecular weight excluding hydrogens is 409 g/mol. The Kier molecular flexibility index (Phi) is 7.33. The van der Waals surface area contributed by atoms with E-state index in [1.54, 1.807) is 30.0 Å². The van der Waals surface area contributed by atoms with Crippen molar-refractivity contribution in [2.24, 2.45) is 11.3 Å². The van der Waals surface area contributed by atoms with E-state index in [4.69, 9.17) is 0 Å². The van der Waals surface area contributed by atoms with Crippen molar-refractivity contribution < 1.29 is 14.0 Å². The fraction of sp³-hybridized carbons (Fsp3) is 0.542. The molecule has 1 aromatic heterocycles. The Morgan fingerprint density at radius 3 is 2.50 bits per heavy atom. The van der Waals surface area contributed by atoms with Crippen LogP contribution in [0.25, 0.3) is 5.69 Å². The third-order valence-corrected chi connectivity index (χ3v) is 5.96. The van der Waals surface area contributed by atoms with Crippen molar-refractivity contribution in [3.05, 3.63) is 47.5 Å². The number of benzene rings is 1. The molecule has 1 aliphatic rings. The van der Waals surface area contributed by atoms with Gasteiger partial charge in [-0.2, -0.15) is 5.10 Å². The molecule has 1 N–H and O–H groups in total.